The van der Waals surface area contributed by atoms with Gasteiger partial charge in [-0.15, -0.1) is 0 Å². The fourth-order valence-corrected chi connectivity index (χ4v) is 4.47. The second-order valence-electron chi connectivity index (χ2n) is 8.58. The lowest BCUT2D eigenvalue weighted by molar-refractivity contribution is -0.134. The van der Waals surface area contributed by atoms with Gasteiger partial charge in [0.05, 0.1) is 24.3 Å². The van der Waals surface area contributed by atoms with E-state index in [9.17, 15) is 14.4 Å². The van der Waals surface area contributed by atoms with Crippen molar-refractivity contribution in [3.05, 3.63) is 41.1 Å². The Kier molecular flexibility index (Phi) is 6.38. The number of aromatic nitrogens is 2. The number of rotatable bonds is 6. The number of hydrogen-bond acceptors (Lipinski definition) is 6. The summed E-state index contributed by atoms with van der Waals surface area (Å²) in [5, 5.41) is 10.0. The maximum atomic E-state index is 13.4. The first kappa shape index (κ1) is 22.2. The van der Waals surface area contributed by atoms with Gasteiger partial charge in [0.1, 0.15) is 11.9 Å². The van der Waals surface area contributed by atoms with Gasteiger partial charge < -0.3 is 14.5 Å². The molecule has 8 heteroatoms. The molecule has 1 amide bonds. The summed E-state index contributed by atoms with van der Waals surface area (Å²) >= 11 is 0. The molecule has 0 bridgehead atoms. The Bertz CT molecular complexity index is 1050. The minimum absolute atomic E-state index is 0.00658. The van der Waals surface area contributed by atoms with Crippen LogP contribution in [0.4, 0.5) is 10.2 Å². The molecular formula is C24H28FN5O2. The molecular weight excluding hydrogens is 409 g/mol. The third kappa shape index (κ3) is 4.30. The SMILES string of the molecule is COCCC(=O)N1CCN(c2nc(C3CC3)c(-c3ccc(F)nc3)c(C)c2C#N)CC1C. The molecule has 0 spiro atoms. The van der Waals surface area contributed by atoms with Gasteiger partial charge in [0.15, 0.2) is 0 Å². The van der Waals surface area contributed by atoms with E-state index in [-0.39, 0.29) is 11.9 Å². The fraction of sp³-hybridized carbons (Fsp3) is 0.500. The van der Waals surface area contributed by atoms with Crippen LogP contribution in [-0.2, 0) is 9.53 Å². The molecule has 32 heavy (non-hydrogen) atoms. The first-order valence-corrected chi connectivity index (χ1v) is 11.0. The highest BCUT2D eigenvalue weighted by Crippen LogP contribution is 2.46. The normalized spacial score (nSPS) is 18.5. The maximum absolute atomic E-state index is 13.4. The average Bonchev–Trinajstić information content (AvgIpc) is 3.63. The molecule has 0 radical (unpaired) electrons. The number of pyridine rings is 2. The van der Waals surface area contributed by atoms with Gasteiger partial charge in [-0.25, -0.2) is 9.97 Å². The van der Waals surface area contributed by atoms with Crippen LogP contribution < -0.4 is 4.90 Å². The number of nitriles is 1. The second-order valence-corrected chi connectivity index (χ2v) is 8.58. The van der Waals surface area contributed by atoms with Crippen LogP contribution in [0.3, 0.4) is 0 Å². The third-order valence-corrected chi connectivity index (χ3v) is 6.32. The summed E-state index contributed by atoms with van der Waals surface area (Å²) in [4.78, 5) is 25.3. The molecule has 2 fully saturated rings. The maximum Gasteiger partial charge on any atom is 0.225 e. The molecule has 2 aromatic heterocycles. The van der Waals surface area contributed by atoms with Crippen molar-refractivity contribution in [2.24, 2.45) is 0 Å². The summed E-state index contributed by atoms with van der Waals surface area (Å²) in [6.45, 7) is 6.18. The summed E-state index contributed by atoms with van der Waals surface area (Å²) in [5.74, 6) is 0.578. The Hall–Kier alpha value is -3.05. The highest BCUT2D eigenvalue weighted by Gasteiger charge is 2.34. The molecule has 0 aromatic carbocycles. The van der Waals surface area contributed by atoms with Crippen LogP contribution in [0.2, 0.25) is 0 Å². The van der Waals surface area contributed by atoms with Crippen LogP contribution in [0.5, 0.6) is 0 Å². The minimum atomic E-state index is -0.531. The van der Waals surface area contributed by atoms with E-state index in [1.54, 1.807) is 13.2 Å². The van der Waals surface area contributed by atoms with Crippen LogP contribution in [0, 0.1) is 24.2 Å². The lowest BCUT2D eigenvalue weighted by Crippen LogP contribution is -2.54. The molecule has 1 aliphatic heterocycles. The number of carbonyl (C=O) groups excluding carboxylic acids is 1. The summed E-state index contributed by atoms with van der Waals surface area (Å²) in [5.41, 5.74) is 4.00. The van der Waals surface area contributed by atoms with Crippen LogP contribution >= 0.6 is 0 Å². The van der Waals surface area contributed by atoms with Crippen molar-refractivity contribution in [1.82, 2.24) is 14.9 Å². The quantitative estimate of drug-likeness (QED) is 0.644. The van der Waals surface area contributed by atoms with E-state index in [4.69, 9.17) is 9.72 Å². The second kappa shape index (κ2) is 9.21. The van der Waals surface area contributed by atoms with Crippen LogP contribution in [-0.4, -0.2) is 60.2 Å². The standard InChI is InChI=1S/C24H28FN5O2/c1-15-14-29(9-10-30(15)21(31)8-11-32-3)24-19(12-26)16(2)22(23(28-24)17-4-5-17)18-6-7-20(25)27-13-18/h6-7,13,15,17H,4-5,8-11,14H2,1-3H3. The Morgan fingerprint density at radius 2 is 2.12 bits per heavy atom. The Balaban J connectivity index is 1.68. The molecule has 1 atom stereocenters. The molecule has 168 valence electrons. The number of nitrogens with zero attached hydrogens (tertiary/aromatic N) is 5. The van der Waals surface area contributed by atoms with Crippen LogP contribution in [0.1, 0.15) is 48.9 Å². The van der Waals surface area contributed by atoms with Crippen molar-refractivity contribution in [3.63, 3.8) is 0 Å². The van der Waals surface area contributed by atoms with E-state index in [0.29, 0.717) is 50.0 Å². The number of halogens is 1. The van der Waals surface area contributed by atoms with Gasteiger partial charge in [-0.05, 0) is 44.4 Å². The smallest absolute Gasteiger partial charge is 0.225 e. The van der Waals surface area contributed by atoms with E-state index in [0.717, 1.165) is 35.2 Å². The zero-order valence-electron chi connectivity index (χ0n) is 18.8. The van der Waals surface area contributed by atoms with Crippen molar-refractivity contribution >= 4 is 11.7 Å². The molecule has 1 saturated carbocycles. The molecule has 1 aliphatic carbocycles. The molecule has 3 heterocycles. The summed E-state index contributed by atoms with van der Waals surface area (Å²) in [6, 6.07) is 5.40. The molecule has 4 rings (SSSR count). The van der Waals surface area contributed by atoms with Gasteiger partial charge in [-0.1, -0.05) is 0 Å². The number of carbonyl (C=O) groups is 1. The molecule has 1 saturated heterocycles. The number of ether oxygens (including phenoxy) is 1. The fourth-order valence-electron chi connectivity index (χ4n) is 4.47. The summed E-state index contributed by atoms with van der Waals surface area (Å²) in [6.07, 6.45) is 3.99. The lowest BCUT2D eigenvalue weighted by atomic mass is 9.94. The number of hydrogen-bond donors (Lipinski definition) is 0. The van der Waals surface area contributed by atoms with Crippen LogP contribution in [0.25, 0.3) is 11.1 Å². The number of amides is 1. The third-order valence-electron chi connectivity index (χ3n) is 6.32. The molecule has 7 nitrogen and oxygen atoms in total. The average molecular weight is 438 g/mol. The van der Waals surface area contributed by atoms with Gasteiger partial charge in [-0.2, -0.15) is 9.65 Å². The number of methoxy groups -OCH3 is 1. The van der Waals surface area contributed by atoms with E-state index in [1.165, 1.54) is 12.3 Å². The van der Waals surface area contributed by atoms with Gasteiger partial charge >= 0.3 is 0 Å². The monoisotopic (exact) mass is 437 g/mol. The summed E-state index contributed by atoms with van der Waals surface area (Å²) < 4.78 is 18.4. The topological polar surface area (TPSA) is 82.3 Å². The number of piperazine rings is 1. The predicted molar refractivity (Wildman–Crippen MR) is 119 cm³/mol. The predicted octanol–water partition coefficient (Wildman–Crippen LogP) is 3.41. The highest BCUT2D eigenvalue weighted by atomic mass is 19.1. The highest BCUT2D eigenvalue weighted by molar-refractivity contribution is 5.78. The molecule has 1 unspecified atom stereocenters. The Morgan fingerprint density at radius 1 is 1.34 bits per heavy atom. The van der Waals surface area contributed by atoms with Gasteiger partial charge in [-0.3, -0.25) is 4.79 Å². The first-order chi connectivity index (χ1) is 15.4. The zero-order valence-corrected chi connectivity index (χ0v) is 18.8. The van der Waals surface area contributed by atoms with Crippen molar-refractivity contribution in [2.45, 2.75) is 45.1 Å². The van der Waals surface area contributed by atoms with Gasteiger partial charge in [0.25, 0.3) is 0 Å². The van der Waals surface area contributed by atoms with Gasteiger partial charge in [0, 0.05) is 56.0 Å². The van der Waals surface area contributed by atoms with E-state index in [1.807, 2.05) is 18.7 Å². The largest absolute Gasteiger partial charge is 0.384 e. The minimum Gasteiger partial charge on any atom is -0.384 e. The first-order valence-electron chi connectivity index (χ1n) is 11.0. The van der Waals surface area contributed by atoms with E-state index in [2.05, 4.69) is 16.0 Å². The Morgan fingerprint density at radius 3 is 2.72 bits per heavy atom. The van der Waals surface area contributed by atoms with Crippen molar-refractivity contribution in [1.29, 1.82) is 5.26 Å². The molecule has 0 N–H and O–H groups in total. The Labute approximate surface area is 187 Å². The molecule has 2 aliphatic rings. The van der Waals surface area contributed by atoms with E-state index < -0.39 is 5.95 Å². The van der Waals surface area contributed by atoms with Crippen molar-refractivity contribution < 1.29 is 13.9 Å². The number of anilines is 1. The van der Waals surface area contributed by atoms with Crippen molar-refractivity contribution in [3.8, 4) is 17.2 Å². The summed E-state index contributed by atoms with van der Waals surface area (Å²) in [7, 11) is 1.59. The van der Waals surface area contributed by atoms with Gasteiger partial charge in [0.2, 0.25) is 11.9 Å². The van der Waals surface area contributed by atoms with E-state index >= 15 is 0 Å². The van der Waals surface area contributed by atoms with Crippen molar-refractivity contribution in [2.75, 3.05) is 38.3 Å². The zero-order chi connectivity index (χ0) is 22.8. The lowest BCUT2D eigenvalue weighted by Gasteiger charge is -2.41. The molecule has 2 aromatic rings. The van der Waals surface area contributed by atoms with Crippen LogP contribution in [0.15, 0.2) is 18.3 Å².